The number of carbonyl (C=O) groups is 1. The fourth-order valence-corrected chi connectivity index (χ4v) is 3.15. The van der Waals surface area contributed by atoms with Crippen molar-refractivity contribution in [3.63, 3.8) is 0 Å². The van der Waals surface area contributed by atoms with Crippen molar-refractivity contribution in [2.75, 3.05) is 6.61 Å². The molecule has 2 aromatic carbocycles. The zero-order valence-electron chi connectivity index (χ0n) is 13.5. The molecule has 0 radical (unpaired) electrons. The third-order valence-corrected chi connectivity index (χ3v) is 4.28. The average molecular weight is 336 g/mol. The van der Waals surface area contributed by atoms with Crippen LogP contribution >= 0.6 is 0 Å². The van der Waals surface area contributed by atoms with Crippen LogP contribution in [0.3, 0.4) is 0 Å². The van der Waals surface area contributed by atoms with E-state index in [-0.39, 0.29) is 12.2 Å². The SMILES string of the molecule is O=C(COc1ccc2c3c(c(=O)oc2c1)CCC3)Oc1ccccc1. The van der Waals surface area contributed by atoms with E-state index < -0.39 is 5.97 Å². The number of carbonyl (C=O) groups excluding carboxylic acids is 1. The van der Waals surface area contributed by atoms with E-state index in [1.807, 2.05) is 12.1 Å². The predicted octanol–water partition coefficient (Wildman–Crippen LogP) is 3.27. The summed E-state index contributed by atoms with van der Waals surface area (Å²) in [6.45, 7) is -0.227. The lowest BCUT2D eigenvalue weighted by molar-refractivity contribution is -0.136. The fourth-order valence-electron chi connectivity index (χ4n) is 3.15. The summed E-state index contributed by atoms with van der Waals surface area (Å²) in [5, 5.41) is 0.936. The highest BCUT2D eigenvalue weighted by atomic mass is 16.6. The minimum absolute atomic E-state index is 0.227. The highest BCUT2D eigenvalue weighted by Gasteiger charge is 2.19. The molecule has 0 saturated heterocycles. The third-order valence-electron chi connectivity index (χ3n) is 4.28. The molecule has 0 bridgehead atoms. The van der Waals surface area contributed by atoms with Gasteiger partial charge in [-0.3, -0.25) is 0 Å². The van der Waals surface area contributed by atoms with E-state index in [4.69, 9.17) is 13.9 Å². The number of fused-ring (bicyclic) bond motifs is 3. The number of hydrogen-bond donors (Lipinski definition) is 0. The first-order valence-electron chi connectivity index (χ1n) is 8.18. The summed E-state index contributed by atoms with van der Waals surface area (Å²) < 4.78 is 16.0. The van der Waals surface area contributed by atoms with Crippen LogP contribution < -0.4 is 15.1 Å². The highest BCUT2D eigenvalue weighted by Crippen LogP contribution is 2.29. The molecule has 0 fully saturated rings. The molecule has 126 valence electrons. The second-order valence-corrected chi connectivity index (χ2v) is 5.93. The Morgan fingerprint density at radius 3 is 2.64 bits per heavy atom. The molecule has 0 amide bonds. The second kappa shape index (κ2) is 6.43. The van der Waals surface area contributed by atoms with Crippen LogP contribution in [0.25, 0.3) is 11.0 Å². The van der Waals surface area contributed by atoms with Crippen molar-refractivity contribution in [1.29, 1.82) is 0 Å². The topological polar surface area (TPSA) is 65.7 Å². The lowest BCUT2D eigenvalue weighted by Gasteiger charge is -2.08. The van der Waals surface area contributed by atoms with Crippen molar-refractivity contribution in [3.8, 4) is 11.5 Å². The molecule has 5 nitrogen and oxygen atoms in total. The first-order valence-corrected chi connectivity index (χ1v) is 8.18. The van der Waals surface area contributed by atoms with Gasteiger partial charge in [0.15, 0.2) is 6.61 Å². The van der Waals surface area contributed by atoms with Crippen molar-refractivity contribution >= 4 is 16.9 Å². The normalized spacial score (nSPS) is 12.8. The molecule has 0 atom stereocenters. The zero-order chi connectivity index (χ0) is 17.2. The van der Waals surface area contributed by atoms with Gasteiger partial charge in [-0.25, -0.2) is 9.59 Å². The quantitative estimate of drug-likeness (QED) is 0.416. The molecule has 5 heteroatoms. The standard InChI is InChI=1S/C20H16O5/c21-19(24-13-5-2-1-3-6-13)12-23-14-9-10-16-15-7-4-8-17(15)20(22)25-18(16)11-14/h1-3,5-6,9-11H,4,7-8,12H2. The zero-order valence-corrected chi connectivity index (χ0v) is 13.5. The van der Waals surface area contributed by atoms with Gasteiger partial charge >= 0.3 is 11.6 Å². The molecule has 0 N–H and O–H groups in total. The Kier molecular flexibility index (Phi) is 3.98. The Bertz CT molecular complexity index is 988. The molecule has 0 saturated carbocycles. The maximum absolute atomic E-state index is 12.0. The van der Waals surface area contributed by atoms with Gasteiger partial charge < -0.3 is 13.9 Å². The second-order valence-electron chi connectivity index (χ2n) is 5.93. The van der Waals surface area contributed by atoms with Crippen LogP contribution in [0.2, 0.25) is 0 Å². The Morgan fingerprint density at radius 1 is 1.00 bits per heavy atom. The minimum Gasteiger partial charge on any atom is -0.482 e. The highest BCUT2D eigenvalue weighted by molar-refractivity contribution is 5.83. The lowest BCUT2D eigenvalue weighted by atomic mass is 10.1. The van der Waals surface area contributed by atoms with Crippen molar-refractivity contribution in [2.24, 2.45) is 0 Å². The van der Waals surface area contributed by atoms with Gasteiger partial charge in [0.2, 0.25) is 0 Å². The van der Waals surface area contributed by atoms with Gasteiger partial charge in [-0.2, -0.15) is 0 Å². The summed E-state index contributed by atoms with van der Waals surface area (Å²) in [6, 6.07) is 14.1. The van der Waals surface area contributed by atoms with Crippen LogP contribution in [-0.4, -0.2) is 12.6 Å². The number of hydrogen-bond acceptors (Lipinski definition) is 5. The Labute approximate surface area is 143 Å². The summed E-state index contributed by atoms with van der Waals surface area (Å²) in [4.78, 5) is 23.9. The van der Waals surface area contributed by atoms with Gasteiger partial charge in [-0.05, 0) is 49.1 Å². The number of ether oxygens (including phenoxy) is 2. The van der Waals surface area contributed by atoms with Crippen molar-refractivity contribution in [2.45, 2.75) is 19.3 Å². The maximum atomic E-state index is 12.0. The van der Waals surface area contributed by atoms with Crippen LogP contribution in [0.1, 0.15) is 17.5 Å². The summed E-state index contributed by atoms with van der Waals surface area (Å²) in [6.07, 6.45) is 2.64. The third kappa shape index (κ3) is 3.13. The Balaban J connectivity index is 1.50. The van der Waals surface area contributed by atoms with Crippen molar-refractivity contribution in [3.05, 3.63) is 70.1 Å². The number of rotatable bonds is 4. The van der Waals surface area contributed by atoms with E-state index in [0.717, 1.165) is 35.8 Å². The molecule has 3 aromatic rings. The van der Waals surface area contributed by atoms with Crippen molar-refractivity contribution < 1.29 is 18.7 Å². The van der Waals surface area contributed by atoms with Crippen LogP contribution in [-0.2, 0) is 17.6 Å². The summed E-state index contributed by atoms with van der Waals surface area (Å²) >= 11 is 0. The Morgan fingerprint density at radius 2 is 1.80 bits per heavy atom. The first-order chi connectivity index (χ1) is 12.2. The van der Waals surface area contributed by atoms with E-state index in [1.54, 1.807) is 36.4 Å². The van der Waals surface area contributed by atoms with Gasteiger partial charge in [0.05, 0.1) is 0 Å². The number of esters is 1. The van der Waals surface area contributed by atoms with Gasteiger partial charge in [0, 0.05) is 17.0 Å². The maximum Gasteiger partial charge on any atom is 0.349 e. The molecule has 1 heterocycles. The number of para-hydroxylation sites is 1. The van der Waals surface area contributed by atoms with E-state index >= 15 is 0 Å². The molecular weight excluding hydrogens is 320 g/mol. The monoisotopic (exact) mass is 336 g/mol. The summed E-state index contributed by atoms with van der Waals surface area (Å²) in [5.41, 5.74) is 2.06. The Hall–Kier alpha value is -3.08. The van der Waals surface area contributed by atoms with E-state index in [1.165, 1.54) is 0 Å². The van der Waals surface area contributed by atoms with E-state index in [2.05, 4.69) is 0 Å². The molecule has 0 spiro atoms. The lowest BCUT2D eigenvalue weighted by Crippen LogP contribution is -2.17. The molecule has 25 heavy (non-hydrogen) atoms. The van der Waals surface area contributed by atoms with Gasteiger partial charge in [-0.1, -0.05) is 18.2 Å². The molecule has 0 unspecified atom stereocenters. The summed E-state index contributed by atoms with van der Waals surface area (Å²) in [7, 11) is 0. The molecule has 1 aliphatic carbocycles. The molecule has 0 aliphatic heterocycles. The van der Waals surface area contributed by atoms with Crippen LogP contribution in [0.5, 0.6) is 11.5 Å². The van der Waals surface area contributed by atoms with Gasteiger partial charge in [0.1, 0.15) is 17.1 Å². The van der Waals surface area contributed by atoms with Gasteiger partial charge in [-0.15, -0.1) is 0 Å². The largest absolute Gasteiger partial charge is 0.482 e. The smallest absolute Gasteiger partial charge is 0.349 e. The molecule has 1 aliphatic rings. The van der Waals surface area contributed by atoms with E-state index in [0.29, 0.717) is 17.1 Å². The van der Waals surface area contributed by atoms with Crippen molar-refractivity contribution in [1.82, 2.24) is 0 Å². The average Bonchev–Trinajstić information content (AvgIpc) is 3.11. The van der Waals surface area contributed by atoms with Gasteiger partial charge in [0.25, 0.3) is 0 Å². The van der Waals surface area contributed by atoms with Crippen LogP contribution in [0.15, 0.2) is 57.7 Å². The number of aryl methyl sites for hydroxylation is 1. The van der Waals surface area contributed by atoms with Crippen LogP contribution in [0.4, 0.5) is 0 Å². The molecule has 1 aromatic heterocycles. The molecule has 4 rings (SSSR count). The molecular formula is C20H16O5. The predicted molar refractivity (Wildman–Crippen MR) is 92.1 cm³/mol. The summed E-state index contributed by atoms with van der Waals surface area (Å²) in [5.74, 6) is 0.427. The minimum atomic E-state index is -0.498. The fraction of sp³-hybridized carbons (Fsp3) is 0.200. The number of benzene rings is 2. The first kappa shape index (κ1) is 15.4. The van der Waals surface area contributed by atoms with Crippen LogP contribution in [0, 0.1) is 0 Å². The van der Waals surface area contributed by atoms with E-state index in [9.17, 15) is 9.59 Å².